The van der Waals surface area contributed by atoms with Crippen molar-refractivity contribution >= 4 is 39.0 Å². The molecule has 3 rings (SSSR count). The molecule has 1 aliphatic heterocycles. The number of aromatic nitrogens is 2. The Morgan fingerprint density at radius 1 is 1.36 bits per heavy atom. The van der Waals surface area contributed by atoms with Gasteiger partial charge in [-0.05, 0) is 46.3 Å². The Balaban J connectivity index is 2.13. The highest BCUT2D eigenvalue weighted by atomic mass is 32.2. The first-order chi connectivity index (χ1) is 13.1. The van der Waals surface area contributed by atoms with Gasteiger partial charge in [0.05, 0.1) is 23.6 Å². The minimum Gasteiger partial charge on any atom is -0.350 e. The number of carbonyl (C=O) groups excluding carboxylic acids is 1. The first-order valence-electron chi connectivity index (χ1n) is 8.99. The lowest BCUT2D eigenvalue weighted by Gasteiger charge is -2.39. The summed E-state index contributed by atoms with van der Waals surface area (Å²) in [6.45, 7) is 5.10. The minimum atomic E-state index is -4.27. The molecule has 0 aromatic carbocycles. The Kier molecular flexibility index (Phi) is 5.69. The molecule has 28 heavy (non-hydrogen) atoms. The first-order valence-corrected chi connectivity index (χ1v) is 11.2. The molecule has 1 unspecified atom stereocenters. The predicted octanol–water partition coefficient (Wildman–Crippen LogP) is 1.83. The molecule has 154 valence electrons. The van der Waals surface area contributed by atoms with Gasteiger partial charge in [-0.3, -0.25) is 4.68 Å². The van der Waals surface area contributed by atoms with Crippen LogP contribution < -0.4 is 14.3 Å². The van der Waals surface area contributed by atoms with Crippen molar-refractivity contribution < 1.29 is 13.2 Å². The zero-order chi connectivity index (χ0) is 20.6. The van der Waals surface area contributed by atoms with E-state index in [-0.39, 0.29) is 6.04 Å². The van der Waals surface area contributed by atoms with E-state index in [2.05, 4.69) is 10.00 Å². The molecule has 1 aliphatic rings. The maximum absolute atomic E-state index is 13.8. The number of primary amides is 1. The van der Waals surface area contributed by atoms with Crippen molar-refractivity contribution in [1.29, 1.82) is 0 Å². The third kappa shape index (κ3) is 3.87. The Bertz CT molecular complexity index is 967. The standard InChI is InChI=1S/C17H26N6O3S2/c1-12-8-16(13(2)27-12)23(17(18)24)28(25,26)22(15-9-19-21(4)11-15)14-6-5-7-20(3)10-14/h8-9,11,14H,5-7,10H2,1-4H3,(H2,18,24). The number of thiophene rings is 1. The van der Waals surface area contributed by atoms with Gasteiger partial charge in [-0.25, -0.2) is 9.10 Å². The Morgan fingerprint density at radius 3 is 2.57 bits per heavy atom. The van der Waals surface area contributed by atoms with E-state index in [1.54, 1.807) is 30.9 Å². The second-order valence-corrected chi connectivity index (χ2v) is 10.2. The van der Waals surface area contributed by atoms with E-state index >= 15 is 0 Å². The monoisotopic (exact) mass is 426 g/mol. The van der Waals surface area contributed by atoms with Crippen LogP contribution >= 0.6 is 11.3 Å². The molecule has 0 spiro atoms. The van der Waals surface area contributed by atoms with Crippen LogP contribution in [-0.4, -0.2) is 55.3 Å². The second-order valence-electron chi connectivity index (χ2n) is 7.14. The van der Waals surface area contributed by atoms with Crippen LogP contribution in [0.25, 0.3) is 0 Å². The SMILES string of the molecule is Cc1cc(N(C(N)=O)S(=O)(=O)N(c2cnn(C)c2)C2CCCN(C)C2)c(C)s1. The van der Waals surface area contributed by atoms with Crippen molar-refractivity contribution in [2.45, 2.75) is 32.7 Å². The van der Waals surface area contributed by atoms with Crippen molar-refractivity contribution in [2.75, 3.05) is 28.7 Å². The van der Waals surface area contributed by atoms with Crippen molar-refractivity contribution in [3.8, 4) is 0 Å². The zero-order valence-electron chi connectivity index (χ0n) is 16.5. The highest BCUT2D eigenvalue weighted by Gasteiger charge is 2.41. The van der Waals surface area contributed by atoms with E-state index in [4.69, 9.17) is 5.73 Å². The molecule has 0 radical (unpaired) electrons. The second kappa shape index (κ2) is 7.72. The summed E-state index contributed by atoms with van der Waals surface area (Å²) in [5.41, 5.74) is 6.28. The van der Waals surface area contributed by atoms with E-state index < -0.39 is 16.2 Å². The zero-order valence-corrected chi connectivity index (χ0v) is 18.1. The van der Waals surface area contributed by atoms with E-state index in [1.807, 2.05) is 14.0 Å². The lowest BCUT2D eigenvalue weighted by molar-refractivity contribution is 0.252. The fourth-order valence-corrected chi connectivity index (χ4v) is 6.37. The molecule has 1 fully saturated rings. The summed E-state index contributed by atoms with van der Waals surface area (Å²) in [4.78, 5) is 16.0. The number of hydrogen-bond donors (Lipinski definition) is 1. The van der Waals surface area contributed by atoms with Crippen molar-refractivity contribution in [1.82, 2.24) is 14.7 Å². The predicted molar refractivity (Wildman–Crippen MR) is 111 cm³/mol. The van der Waals surface area contributed by atoms with Gasteiger partial charge in [0.1, 0.15) is 0 Å². The number of amides is 2. The molecule has 2 amide bonds. The van der Waals surface area contributed by atoms with Gasteiger partial charge >= 0.3 is 16.2 Å². The Hall–Kier alpha value is -2.11. The van der Waals surface area contributed by atoms with Gasteiger partial charge in [-0.1, -0.05) is 0 Å². The molecule has 0 saturated carbocycles. The maximum Gasteiger partial charge on any atom is 0.334 e. The van der Waals surface area contributed by atoms with E-state index in [0.717, 1.165) is 17.8 Å². The summed E-state index contributed by atoms with van der Waals surface area (Å²) in [6, 6.07) is 0.324. The topological polar surface area (TPSA) is 105 Å². The van der Waals surface area contributed by atoms with Crippen molar-refractivity contribution in [2.24, 2.45) is 12.8 Å². The quantitative estimate of drug-likeness (QED) is 0.785. The summed E-state index contributed by atoms with van der Waals surface area (Å²) in [5, 5.41) is 4.13. The lowest BCUT2D eigenvalue weighted by atomic mass is 10.1. The third-order valence-corrected chi connectivity index (χ3v) is 7.59. The number of anilines is 2. The average Bonchev–Trinajstić information content (AvgIpc) is 3.12. The normalized spacial score (nSPS) is 18.2. The number of likely N-dealkylation sites (tertiary alicyclic amines) is 1. The highest BCUT2D eigenvalue weighted by Crippen LogP contribution is 2.34. The Morgan fingerprint density at radius 2 is 2.07 bits per heavy atom. The molecule has 3 heterocycles. The van der Waals surface area contributed by atoms with Gasteiger partial charge in [-0.15, -0.1) is 11.3 Å². The summed E-state index contributed by atoms with van der Waals surface area (Å²) in [7, 11) is -0.590. The molecule has 11 heteroatoms. The van der Waals surface area contributed by atoms with E-state index in [1.165, 1.54) is 21.8 Å². The van der Waals surface area contributed by atoms with Crippen molar-refractivity contribution in [3.05, 3.63) is 28.2 Å². The van der Waals surface area contributed by atoms with Gasteiger partial charge in [0.25, 0.3) is 0 Å². The highest BCUT2D eigenvalue weighted by molar-refractivity contribution is 7.95. The summed E-state index contributed by atoms with van der Waals surface area (Å²) in [5.74, 6) is 0. The van der Waals surface area contributed by atoms with Gasteiger partial charge < -0.3 is 10.6 Å². The summed E-state index contributed by atoms with van der Waals surface area (Å²) < 4.78 is 31.1. The van der Waals surface area contributed by atoms with Crippen LogP contribution in [0.4, 0.5) is 16.2 Å². The molecule has 1 atom stereocenters. The third-order valence-electron chi connectivity index (χ3n) is 4.79. The number of nitrogens with two attached hydrogens (primary N) is 1. The van der Waals surface area contributed by atoms with Crippen LogP contribution in [0.15, 0.2) is 18.5 Å². The van der Waals surface area contributed by atoms with E-state index in [0.29, 0.717) is 33.5 Å². The van der Waals surface area contributed by atoms with Crippen LogP contribution in [0.1, 0.15) is 22.6 Å². The van der Waals surface area contributed by atoms with Crippen molar-refractivity contribution in [3.63, 3.8) is 0 Å². The molecule has 2 aromatic heterocycles. The number of carbonyl (C=O) groups is 1. The van der Waals surface area contributed by atoms with Crippen LogP contribution in [0, 0.1) is 13.8 Å². The number of rotatable bonds is 5. The first kappa shape index (κ1) is 20.6. The average molecular weight is 427 g/mol. The van der Waals surface area contributed by atoms with Gasteiger partial charge in [-0.2, -0.15) is 17.8 Å². The maximum atomic E-state index is 13.8. The number of hydrogen-bond acceptors (Lipinski definition) is 6. The molecule has 2 aromatic rings. The number of likely N-dealkylation sites (N-methyl/N-ethyl adjacent to an activating group) is 1. The molecular weight excluding hydrogens is 400 g/mol. The van der Waals surface area contributed by atoms with Crippen LogP contribution in [0.3, 0.4) is 0 Å². The van der Waals surface area contributed by atoms with Gasteiger partial charge in [0, 0.05) is 29.5 Å². The molecular formula is C17H26N6O3S2. The molecule has 1 saturated heterocycles. The van der Waals surface area contributed by atoms with Crippen LogP contribution in [0.2, 0.25) is 0 Å². The van der Waals surface area contributed by atoms with E-state index in [9.17, 15) is 13.2 Å². The molecule has 2 N–H and O–H groups in total. The molecule has 0 aliphatic carbocycles. The molecule has 9 nitrogen and oxygen atoms in total. The smallest absolute Gasteiger partial charge is 0.334 e. The lowest BCUT2D eigenvalue weighted by Crippen LogP contribution is -2.56. The number of piperidine rings is 1. The number of urea groups is 1. The summed E-state index contributed by atoms with van der Waals surface area (Å²) in [6.07, 6.45) is 4.68. The molecule has 0 bridgehead atoms. The van der Waals surface area contributed by atoms with Gasteiger partial charge in [0.15, 0.2) is 0 Å². The number of aryl methyl sites for hydroxylation is 3. The Labute approximate surface area is 169 Å². The fourth-order valence-electron chi connectivity index (χ4n) is 3.65. The fraction of sp³-hybridized carbons (Fsp3) is 0.529. The summed E-state index contributed by atoms with van der Waals surface area (Å²) >= 11 is 1.42. The minimum absolute atomic E-state index is 0.299. The van der Waals surface area contributed by atoms with Gasteiger partial charge in [0.2, 0.25) is 0 Å². The number of nitrogens with zero attached hydrogens (tertiary/aromatic N) is 5. The van der Waals surface area contributed by atoms with Crippen LogP contribution in [0.5, 0.6) is 0 Å². The van der Waals surface area contributed by atoms with Crippen LogP contribution in [-0.2, 0) is 17.3 Å². The largest absolute Gasteiger partial charge is 0.350 e.